The molecule has 5 nitrogen and oxygen atoms in total. The van der Waals surface area contributed by atoms with E-state index in [4.69, 9.17) is 16.3 Å². The molecule has 1 aromatic carbocycles. The SMILES string of the molecule is COc1cc(/C=c2\sc3n(c2=O)CCN=3)c(Cl)cc1O. The number of aromatic hydroxyl groups is 1. The summed E-state index contributed by atoms with van der Waals surface area (Å²) in [5, 5.41) is 9.99. The topological polar surface area (TPSA) is 63.8 Å². The molecule has 0 spiro atoms. The van der Waals surface area contributed by atoms with Gasteiger partial charge in [0.2, 0.25) is 0 Å². The first-order valence-corrected chi connectivity index (χ1v) is 7.12. The molecule has 2 heterocycles. The minimum Gasteiger partial charge on any atom is -0.504 e. The average molecular weight is 311 g/mol. The molecule has 0 amide bonds. The number of phenolic OH excluding ortho intramolecular Hbond substituents is 1. The van der Waals surface area contributed by atoms with E-state index in [0.717, 1.165) is 4.80 Å². The van der Waals surface area contributed by atoms with E-state index >= 15 is 0 Å². The summed E-state index contributed by atoms with van der Waals surface area (Å²) in [6.07, 6.45) is 1.69. The van der Waals surface area contributed by atoms with Gasteiger partial charge in [0, 0.05) is 12.6 Å². The average Bonchev–Trinajstić information content (AvgIpc) is 2.97. The van der Waals surface area contributed by atoms with Gasteiger partial charge in [0.15, 0.2) is 16.3 Å². The standard InChI is InChI=1S/C13H11ClN2O3S/c1-19-10-4-7(8(14)6-9(10)17)5-11-12(18)16-3-2-15-13(16)20-11/h4-6,17H,2-3H2,1H3/b11-5-. The molecule has 1 N–H and O–H groups in total. The van der Waals surface area contributed by atoms with Gasteiger partial charge in [-0.1, -0.05) is 22.9 Å². The Balaban J connectivity index is 2.21. The number of phenols is 1. The maximum Gasteiger partial charge on any atom is 0.270 e. The zero-order valence-electron chi connectivity index (χ0n) is 10.6. The first kappa shape index (κ1) is 13.2. The van der Waals surface area contributed by atoms with E-state index < -0.39 is 0 Å². The van der Waals surface area contributed by atoms with Crippen molar-refractivity contribution in [2.75, 3.05) is 13.7 Å². The monoisotopic (exact) mass is 310 g/mol. The van der Waals surface area contributed by atoms with Crippen molar-refractivity contribution >= 4 is 29.0 Å². The van der Waals surface area contributed by atoms with Gasteiger partial charge in [-0.25, -0.2) is 0 Å². The van der Waals surface area contributed by atoms with Gasteiger partial charge in [0.25, 0.3) is 5.56 Å². The van der Waals surface area contributed by atoms with Crippen LogP contribution in [-0.2, 0) is 6.54 Å². The van der Waals surface area contributed by atoms with Gasteiger partial charge in [-0.05, 0) is 17.7 Å². The fourth-order valence-electron chi connectivity index (χ4n) is 2.04. The number of methoxy groups -OCH3 is 1. The van der Waals surface area contributed by atoms with Crippen molar-refractivity contribution in [2.45, 2.75) is 6.54 Å². The maximum atomic E-state index is 12.2. The minimum absolute atomic E-state index is 0.0324. The summed E-state index contributed by atoms with van der Waals surface area (Å²) in [5.74, 6) is 0.282. The highest BCUT2D eigenvalue weighted by Gasteiger charge is 2.11. The van der Waals surface area contributed by atoms with Crippen LogP contribution in [0.3, 0.4) is 0 Å². The second-order valence-electron chi connectivity index (χ2n) is 4.28. The number of hydrogen-bond acceptors (Lipinski definition) is 5. The quantitative estimate of drug-likeness (QED) is 0.890. The zero-order chi connectivity index (χ0) is 14.3. The van der Waals surface area contributed by atoms with Crippen molar-refractivity contribution in [2.24, 2.45) is 4.99 Å². The third-order valence-electron chi connectivity index (χ3n) is 3.04. The number of ether oxygens (including phenoxy) is 1. The first-order valence-electron chi connectivity index (χ1n) is 5.92. The zero-order valence-corrected chi connectivity index (χ0v) is 12.2. The molecule has 20 heavy (non-hydrogen) atoms. The molecule has 0 fully saturated rings. The van der Waals surface area contributed by atoms with Gasteiger partial charge in [0.1, 0.15) is 0 Å². The van der Waals surface area contributed by atoms with Crippen LogP contribution in [0.1, 0.15) is 5.56 Å². The summed E-state index contributed by atoms with van der Waals surface area (Å²) in [7, 11) is 1.46. The molecule has 0 radical (unpaired) electrons. The van der Waals surface area contributed by atoms with Gasteiger partial charge in [-0.3, -0.25) is 14.4 Å². The Labute approximate surface area is 123 Å². The maximum absolute atomic E-state index is 12.2. The molecule has 104 valence electrons. The lowest BCUT2D eigenvalue weighted by Gasteiger charge is -2.05. The second kappa shape index (κ2) is 4.96. The number of aromatic nitrogens is 1. The molecule has 3 rings (SSSR count). The van der Waals surface area contributed by atoms with Gasteiger partial charge in [-0.15, -0.1) is 0 Å². The molecule has 0 atom stereocenters. The fourth-order valence-corrected chi connectivity index (χ4v) is 3.28. The molecule has 0 saturated carbocycles. The Morgan fingerprint density at radius 1 is 1.55 bits per heavy atom. The molecule has 0 saturated heterocycles. The molecule has 1 aliphatic heterocycles. The normalized spacial score (nSPS) is 14.2. The predicted molar refractivity (Wildman–Crippen MR) is 77.5 cm³/mol. The first-order chi connectivity index (χ1) is 9.60. The summed E-state index contributed by atoms with van der Waals surface area (Å²) < 4.78 is 7.27. The predicted octanol–water partition coefficient (Wildman–Crippen LogP) is 0.739. The Morgan fingerprint density at radius 3 is 3.05 bits per heavy atom. The molecule has 7 heteroatoms. The van der Waals surface area contributed by atoms with Crippen molar-refractivity contribution in [3.8, 4) is 11.5 Å². The van der Waals surface area contributed by atoms with Crippen LogP contribution in [-0.4, -0.2) is 23.3 Å². The summed E-state index contributed by atoms with van der Waals surface area (Å²) in [4.78, 5) is 17.2. The van der Waals surface area contributed by atoms with E-state index in [0.29, 0.717) is 34.0 Å². The molecule has 2 aromatic rings. The lowest BCUT2D eigenvalue weighted by molar-refractivity contribution is 0.373. The van der Waals surface area contributed by atoms with E-state index in [9.17, 15) is 9.90 Å². The van der Waals surface area contributed by atoms with Gasteiger partial charge >= 0.3 is 0 Å². The largest absolute Gasteiger partial charge is 0.504 e. The number of halogens is 1. The number of benzene rings is 1. The molecule has 1 aromatic heterocycles. The Bertz CT molecular complexity index is 854. The number of hydrogen-bond donors (Lipinski definition) is 1. The third-order valence-corrected chi connectivity index (χ3v) is 4.42. The van der Waals surface area contributed by atoms with Gasteiger partial charge in [0.05, 0.1) is 23.2 Å². The summed E-state index contributed by atoms with van der Waals surface area (Å²) >= 11 is 7.42. The number of rotatable bonds is 2. The van der Waals surface area contributed by atoms with Crippen molar-refractivity contribution in [3.05, 3.63) is 42.4 Å². The summed E-state index contributed by atoms with van der Waals surface area (Å²) in [6, 6.07) is 3.00. The summed E-state index contributed by atoms with van der Waals surface area (Å²) in [6.45, 7) is 1.29. The van der Waals surface area contributed by atoms with E-state index in [-0.39, 0.29) is 11.3 Å². The van der Waals surface area contributed by atoms with Crippen LogP contribution in [0.15, 0.2) is 21.9 Å². The number of nitrogens with zero attached hydrogens (tertiary/aromatic N) is 2. The fraction of sp³-hybridized carbons (Fsp3) is 0.231. The molecule has 0 unspecified atom stereocenters. The highest BCUT2D eigenvalue weighted by atomic mass is 35.5. The Hall–Kier alpha value is -1.79. The molecular weight excluding hydrogens is 300 g/mol. The van der Waals surface area contributed by atoms with E-state index in [1.165, 1.54) is 24.5 Å². The lowest BCUT2D eigenvalue weighted by Crippen LogP contribution is -2.29. The molecule has 1 aliphatic rings. The summed E-state index contributed by atoms with van der Waals surface area (Å²) in [5.41, 5.74) is 0.563. The highest BCUT2D eigenvalue weighted by molar-refractivity contribution is 7.07. The highest BCUT2D eigenvalue weighted by Crippen LogP contribution is 2.32. The smallest absolute Gasteiger partial charge is 0.270 e. The van der Waals surface area contributed by atoms with Crippen LogP contribution in [0, 0.1) is 0 Å². The minimum atomic E-state index is -0.0608. The molecule has 0 aliphatic carbocycles. The molecular formula is C13H11ClN2O3S. The van der Waals surface area contributed by atoms with Crippen molar-refractivity contribution in [1.29, 1.82) is 0 Å². The van der Waals surface area contributed by atoms with Crippen molar-refractivity contribution in [1.82, 2.24) is 4.57 Å². The van der Waals surface area contributed by atoms with Crippen molar-refractivity contribution in [3.63, 3.8) is 0 Å². The van der Waals surface area contributed by atoms with Gasteiger partial charge < -0.3 is 9.84 Å². The number of thiazole rings is 1. The van der Waals surface area contributed by atoms with Crippen LogP contribution in [0.5, 0.6) is 11.5 Å². The van der Waals surface area contributed by atoms with Crippen LogP contribution < -0.4 is 19.6 Å². The Morgan fingerprint density at radius 2 is 2.35 bits per heavy atom. The van der Waals surface area contributed by atoms with Crippen LogP contribution in [0.25, 0.3) is 6.08 Å². The third kappa shape index (κ3) is 2.10. The van der Waals surface area contributed by atoms with E-state index in [1.807, 2.05) is 0 Å². The van der Waals surface area contributed by atoms with E-state index in [2.05, 4.69) is 4.99 Å². The van der Waals surface area contributed by atoms with Gasteiger partial charge in [-0.2, -0.15) is 0 Å². The lowest BCUT2D eigenvalue weighted by atomic mass is 10.2. The Kier molecular flexibility index (Phi) is 3.27. The number of fused-ring (bicyclic) bond motifs is 1. The molecule has 0 bridgehead atoms. The van der Waals surface area contributed by atoms with Crippen molar-refractivity contribution < 1.29 is 9.84 Å². The van der Waals surface area contributed by atoms with Crippen LogP contribution in [0.4, 0.5) is 0 Å². The van der Waals surface area contributed by atoms with Crippen LogP contribution in [0.2, 0.25) is 5.02 Å². The second-order valence-corrected chi connectivity index (χ2v) is 5.69. The van der Waals surface area contributed by atoms with E-state index in [1.54, 1.807) is 16.7 Å². The van der Waals surface area contributed by atoms with Crippen LogP contribution >= 0.6 is 22.9 Å².